The zero-order chi connectivity index (χ0) is 24.4. The number of pyridine rings is 1. The van der Waals surface area contributed by atoms with Crippen LogP contribution in [0.3, 0.4) is 0 Å². The average Bonchev–Trinajstić information content (AvgIpc) is 3.43. The summed E-state index contributed by atoms with van der Waals surface area (Å²) in [7, 11) is 0. The number of amides is 1. The minimum atomic E-state index is -0.106. The summed E-state index contributed by atoms with van der Waals surface area (Å²) in [6.07, 6.45) is 6.28. The number of aryl methyl sites for hydroxylation is 2. The highest BCUT2D eigenvalue weighted by Crippen LogP contribution is 2.23. The molecule has 9 heteroatoms. The molecule has 5 aromatic rings. The van der Waals surface area contributed by atoms with Crippen molar-refractivity contribution in [2.45, 2.75) is 33.4 Å². The van der Waals surface area contributed by atoms with Crippen LogP contribution in [0.25, 0.3) is 10.8 Å². The lowest BCUT2D eigenvalue weighted by Crippen LogP contribution is -2.22. The molecule has 36 heavy (non-hydrogen) atoms. The number of carbonyl (C=O) groups is 1. The van der Waals surface area contributed by atoms with E-state index in [1.165, 1.54) is 16.9 Å². The molecule has 0 aliphatic rings. The highest BCUT2D eigenvalue weighted by atomic mass is 35.5. The van der Waals surface area contributed by atoms with Gasteiger partial charge in [0.15, 0.2) is 0 Å². The van der Waals surface area contributed by atoms with Gasteiger partial charge in [0.2, 0.25) is 0 Å². The predicted molar refractivity (Wildman–Crippen MR) is 147 cm³/mol. The van der Waals surface area contributed by atoms with Crippen LogP contribution >= 0.6 is 23.7 Å². The SMILES string of the molecule is Cc1cnn(Cc2ccc(Cc3nc(C)c(C(=O)NCc4ccc5c(N)nccc5c4)s3)cc2)c1.Cl. The third kappa shape index (κ3) is 5.72. The maximum atomic E-state index is 12.9. The van der Waals surface area contributed by atoms with Gasteiger partial charge in [-0.1, -0.05) is 36.4 Å². The number of hydrogen-bond acceptors (Lipinski definition) is 6. The fraction of sp³-hybridized carbons (Fsp3) is 0.185. The van der Waals surface area contributed by atoms with E-state index in [0.717, 1.165) is 44.7 Å². The van der Waals surface area contributed by atoms with Crippen molar-refractivity contribution in [2.24, 2.45) is 0 Å². The van der Waals surface area contributed by atoms with Crippen molar-refractivity contribution in [3.8, 4) is 0 Å². The molecule has 0 bridgehead atoms. The number of aromatic nitrogens is 4. The van der Waals surface area contributed by atoms with Crippen LogP contribution in [0.5, 0.6) is 0 Å². The molecule has 3 N–H and O–H groups in total. The van der Waals surface area contributed by atoms with E-state index < -0.39 is 0 Å². The van der Waals surface area contributed by atoms with Crippen LogP contribution in [0.15, 0.2) is 67.1 Å². The van der Waals surface area contributed by atoms with Gasteiger partial charge in [-0.25, -0.2) is 9.97 Å². The van der Waals surface area contributed by atoms with E-state index in [4.69, 9.17) is 5.73 Å². The number of benzene rings is 2. The molecule has 0 fully saturated rings. The fourth-order valence-electron chi connectivity index (χ4n) is 4.04. The van der Waals surface area contributed by atoms with Gasteiger partial charge >= 0.3 is 0 Å². The summed E-state index contributed by atoms with van der Waals surface area (Å²) >= 11 is 1.45. The Morgan fingerprint density at radius 3 is 2.56 bits per heavy atom. The van der Waals surface area contributed by atoms with Crippen molar-refractivity contribution in [1.82, 2.24) is 25.1 Å². The molecular weight excluding hydrogens is 492 g/mol. The number of hydrogen-bond donors (Lipinski definition) is 2. The number of nitrogens with one attached hydrogen (secondary N) is 1. The third-order valence-corrected chi connectivity index (χ3v) is 7.00. The van der Waals surface area contributed by atoms with Crippen molar-refractivity contribution in [1.29, 1.82) is 0 Å². The number of nitrogen functional groups attached to an aromatic ring is 1. The van der Waals surface area contributed by atoms with Crippen LogP contribution in [-0.2, 0) is 19.5 Å². The summed E-state index contributed by atoms with van der Waals surface area (Å²) in [5, 5.41) is 10.2. The first-order valence-corrected chi connectivity index (χ1v) is 12.2. The lowest BCUT2D eigenvalue weighted by atomic mass is 10.1. The molecule has 0 saturated heterocycles. The summed E-state index contributed by atoms with van der Waals surface area (Å²) in [4.78, 5) is 22.3. The number of carbonyl (C=O) groups excluding carboxylic acids is 1. The van der Waals surface area contributed by atoms with Gasteiger partial charge in [0.05, 0.1) is 23.4 Å². The minimum Gasteiger partial charge on any atom is -0.383 e. The maximum Gasteiger partial charge on any atom is 0.263 e. The number of anilines is 1. The van der Waals surface area contributed by atoms with E-state index in [9.17, 15) is 4.79 Å². The maximum absolute atomic E-state index is 12.9. The van der Waals surface area contributed by atoms with Crippen molar-refractivity contribution in [3.63, 3.8) is 0 Å². The molecule has 0 radical (unpaired) electrons. The monoisotopic (exact) mass is 518 g/mol. The molecule has 0 saturated carbocycles. The van der Waals surface area contributed by atoms with E-state index in [2.05, 4.69) is 44.6 Å². The topological polar surface area (TPSA) is 98.7 Å². The first kappa shape index (κ1) is 25.3. The molecule has 7 nitrogen and oxygen atoms in total. The largest absolute Gasteiger partial charge is 0.383 e. The fourth-order valence-corrected chi connectivity index (χ4v) is 5.05. The van der Waals surface area contributed by atoms with Crippen LogP contribution in [0.1, 0.15) is 42.6 Å². The number of nitrogens with two attached hydrogens (primary N) is 1. The van der Waals surface area contributed by atoms with Gasteiger partial charge in [-0.15, -0.1) is 23.7 Å². The van der Waals surface area contributed by atoms with Gasteiger partial charge in [0.25, 0.3) is 5.91 Å². The number of halogens is 1. The Bertz CT molecular complexity index is 1510. The lowest BCUT2D eigenvalue weighted by molar-refractivity contribution is 0.0954. The van der Waals surface area contributed by atoms with Crippen molar-refractivity contribution in [3.05, 3.63) is 105 Å². The predicted octanol–water partition coefficient (Wildman–Crippen LogP) is 5.08. The van der Waals surface area contributed by atoms with Crippen molar-refractivity contribution in [2.75, 3.05) is 5.73 Å². The molecule has 0 aliphatic heterocycles. The first-order chi connectivity index (χ1) is 16.9. The summed E-state index contributed by atoms with van der Waals surface area (Å²) in [5.74, 6) is 0.402. The molecule has 1 amide bonds. The second kappa shape index (κ2) is 10.9. The molecule has 0 atom stereocenters. The van der Waals surface area contributed by atoms with Crippen molar-refractivity contribution < 1.29 is 4.79 Å². The first-order valence-electron chi connectivity index (χ1n) is 11.4. The van der Waals surface area contributed by atoms with E-state index in [0.29, 0.717) is 23.7 Å². The molecule has 3 heterocycles. The number of thiazole rings is 1. The van der Waals surface area contributed by atoms with E-state index >= 15 is 0 Å². The summed E-state index contributed by atoms with van der Waals surface area (Å²) in [5.41, 5.74) is 11.2. The van der Waals surface area contributed by atoms with Crippen LogP contribution in [0, 0.1) is 13.8 Å². The van der Waals surface area contributed by atoms with Crippen molar-refractivity contribution >= 4 is 46.2 Å². The highest BCUT2D eigenvalue weighted by molar-refractivity contribution is 7.13. The smallest absolute Gasteiger partial charge is 0.263 e. The molecule has 0 spiro atoms. The highest BCUT2D eigenvalue weighted by Gasteiger charge is 2.15. The van der Waals surface area contributed by atoms with Gasteiger partial charge < -0.3 is 11.1 Å². The second-order valence-corrected chi connectivity index (χ2v) is 9.75. The van der Waals surface area contributed by atoms with Crippen LogP contribution in [0.4, 0.5) is 5.82 Å². The normalized spacial score (nSPS) is 10.8. The van der Waals surface area contributed by atoms with E-state index in [1.54, 1.807) is 6.20 Å². The number of fused-ring (bicyclic) bond motifs is 1. The summed E-state index contributed by atoms with van der Waals surface area (Å²) in [6.45, 7) is 5.10. The standard InChI is InChI=1S/C27H26N6OS.ClH/c1-17-13-31-33(15-17)16-20-5-3-19(4-6-20)12-24-32-18(2)25(35-24)27(34)30-14-21-7-8-23-22(11-21)9-10-29-26(23)28;/h3-11,13,15H,12,14,16H2,1-2H3,(H2,28,29)(H,30,34);1H. The van der Waals surface area contributed by atoms with Crippen LogP contribution in [-0.4, -0.2) is 25.7 Å². The average molecular weight is 519 g/mol. The Kier molecular flexibility index (Phi) is 7.67. The minimum absolute atomic E-state index is 0. The molecule has 0 aliphatic carbocycles. The van der Waals surface area contributed by atoms with Gasteiger partial charge in [0, 0.05) is 30.7 Å². The molecule has 5 rings (SSSR count). The second-order valence-electron chi connectivity index (χ2n) is 8.67. The Hall–Kier alpha value is -3.75. The van der Waals surface area contributed by atoms with Gasteiger partial charge in [-0.05, 0) is 53.6 Å². The number of rotatable bonds is 7. The Morgan fingerprint density at radius 1 is 1.06 bits per heavy atom. The lowest BCUT2D eigenvalue weighted by Gasteiger charge is -2.07. The molecule has 184 valence electrons. The molecule has 2 aromatic carbocycles. The number of nitrogens with zero attached hydrogens (tertiary/aromatic N) is 4. The summed E-state index contributed by atoms with van der Waals surface area (Å²) < 4.78 is 1.93. The van der Waals surface area contributed by atoms with Crippen LogP contribution in [0.2, 0.25) is 0 Å². The quantitative estimate of drug-likeness (QED) is 0.313. The van der Waals surface area contributed by atoms with E-state index in [1.807, 2.05) is 55.2 Å². The Balaban J connectivity index is 0.00000304. The third-order valence-electron chi connectivity index (χ3n) is 5.85. The Morgan fingerprint density at radius 2 is 1.81 bits per heavy atom. The summed E-state index contributed by atoms with van der Waals surface area (Å²) in [6, 6.07) is 16.3. The Labute approximate surface area is 219 Å². The molecule has 3 aromatic heterocycles. The van der Waals surface area contributed by atoms with E-state index in [-0.39, 0.29) is 18.3 Å². The van der Waals surface area contributed by atoms with Gasteiger partial charge in [-0.3, -0.25) is 9.48 Å². The molecular formula is C27H27ClN6OS. The van der Waals surface area contributed by atoms with Crippen LogP contribution < -0.4 is 11.1 Å². The molecule has 0 unspecified atom stereocenters. The zero-order valence-electron chi connectivity index (χ0n) is 20.1. The zero-order valence-corrected chi connectivity index (χ0v) is 21.7. The van der Waals surface area contributed by atoms with Gasteiger partial charge in [-0.2, -0.15) is 5.10 Å². The van der Waals surface area contributed by atoms with Gasteiger partial charge in [0.1, 0.15) is 10.7 Å².